The second kappa shape index (κ2) is 9.73. The zero-order valence-electron chi connectivity index (χ0n) is 18.7. The largest absolute Gasteiger partial charge is 0.487 e. The molecule has 0 radical (unpaired) electrons. The molecule has 1 N–H and O–H groups in total. The Hall–Kier alpha value is -3.58. The molecular weight excluding hydrogens is 448 g/mol. The number of oxazole rings is 1. The summed E-state index contributed by atoms with van der Waals surface area (Å²) in [5.41, 5.74) is 2.93. The van der Waals surface area contributed by atoms with E-state index in [2.05, 4.69) is 34.6 Å². The van der Waals surface area contributed by atoms with Gasteiger partial charge >= 0.3 is 0 Å². The first-order valence-electron chi connectivity index (χ1n) is 11.2. The van der Waals surface area contributed by atoms with Gasteiger partial charge in [-0.15, -0.1) is 0 Å². The topological polar surface area (TPSA) is 81.4 Å². The number of fused-ring (bicyclic) bond motifs is 1. The number of thioether (sulfide) groups is 1. The standard InChI is InChI=1S/C27H24N2O4S/c1-17-23(28-26(33-17)19-7-3-2-4-8-19)16-32-22-13-12-20-14-18(10-11-21(20)15-22)6-5-9-24-25(30)29-27(31)34-24/h2-4,7-8,10-15,24H,5-6,9,16H2,1H3,(H,29,30,31). The van der Waals surface area contributed by atoms with Crippen LogP contribution in [0.15, 0.2) is 71.1 Å². The van der Waals surface area contributed by atoms with Crippen LogP contribution in [0.1, 0.15) is 29.9 Å². The molecule has 1 aliphatic rings. The highest BCUT2D eigenvalue weighted by molar-refractivity contribution is 8.15. The minimum atomic E-state index is -0.259. The van der Waals surface area contributed by atoms with E-state index in [1.807, 2.05) is 49.4 Å². The molecule has 1 aromatic heterocycles. The van der Waals surface area contributed by atoms with Crippen molar-refractivity contribution in [2.45, 2.75) is 38.0 Å². The number of carbonyl (C=O) groups excluding carboxylic acids is 2. The first-order valence-corrected chi connectivity index (χ1v) is 12.1. The summed E-state index contributed by atoms with van der Waals surface area (Å²) in [6, 6.07) is 22.2. The molecule has 5 rings (SSSR count). The first-order chi connectivity index (χ1) is 16.5. The number of rotatable bonds is 8. The molecule has 1 fully saturated rings. The Labute approximate surface area is 201 Å². The minimum absolute atomic E-state index is 0.168. The van der Waals surface area contributed by atoms with E-state index in [1.165, 1.54) is 5.56 Å². The van der Waals surface area contributed by atoms with Gasteiger partial charge in [0.05, 0.1) is 5.25 Å². The molecule has 0 spiro atoms. The summed E-state index contributed by atoms with van der Waals surface area (Å²) in [6.07, 6.45) is 2.41. The van der Waals surface area contributed by atoms with Gasteiger partial charge in [0.1, 0.15) is 23.8 Å². The number of nitrogens with one attached hydrogen (secondary N) is 1. The smallest absolute Gasteiger partial charge is 0.286 e. The quantitative estimate of drug-likeness (QED) is 0.336. The van der Waals surface area contributed by atoms with Gasteiger partial charge in [-0.2, -0.15) is 0 Å². The van der Waals surface area contributed by atoms with E-state index < -0.39 is 0 Å². The van der Waals surface area contributed by atoms with Crippen molar-refractivity contribution < 1.29 is 18.7 Å². The summed E-state index contributed by atoms with van der Waals surface area (Å²) in [4.78, 5) is 27.6. The van der Waals surface area contributed by atoms with Crippen molar-refractivity contribution in [1.82, 2.24) is 10.3 Å². The van der Waals surface area contributed by atoms with E-state index >= 15 is 0 Å². The van der Waals surface area contributed by atoms with Crippen LogP contribution in [0.2, 0.25) is 0 Å². The van der Waals surface area contributed by atoms with Gasteiger partial charge in [0.25, 0.3) is 5.24 Å². The lowest BCUT2D eigenvalue weighted by molar-refractivity contribution is -0.119. The summed E-state index contributed by atoms with van der Waals surface area (Å²) in [7, 11) is 0. The third-order valence-electron chi connectivity index (χ3n) is 5.86. The van der Waals surface area contributed by atoms with Crippen LogP contribution in [0.25, 0.3) is 22.2 Å². The number of benzene rings is 3. The molecule has 0 aliphatic carbocycles. The van der Waals surface area contributed by atoms with E-state index in [0.29, 0.717) is 18.9 Å². The second-order valence-corrected chi connectivity index (χ2v) is 9.47. The molecule has 3 aromatic carbocycles. The molecule has 6 nitrogen and oxygen atoms in total. The van der Waals surface area contributed by atoms with Crippen LogP contribution in [0.5, 0.6) is 5.75 Å². The van der Waals surface area contributed by atoms with Crippen LogP contribution in [-0.2, 0) is 17.8 Å². The van der Waals surface area contributed by atoms with Gasteiger partial charge in [-0.25, -0.2) is 4.98 Å². The first kappa shape index (κ1) is 22.2. The van der Waals surface area contributed by atoms with E-state index in [1.54, 1.807) is 0 Å². The Morgan fingerprint density at radius 2 is 1.82 bits per heavy atom. The molecule has 0 saturated carbocycles. The van der Waals surface area contributed by atoms with Crippen LogP contribution in [0, 0.1) is 6.92 Å². The lowest BCUT2D eigenvalue weighted by Crippen LogP contribution is -2.24. The highest BCUT2D eigenvalue weighted by Gasteiger charge is 2.30. The van der Waals surface area contributed by atoms with E-state index in [4.69, 9.17) is 9.15 Å². The zero-order chi connectivity index (χ0) is 23.5. The maximum Gasteiger partial charge on any atom is 0.286 e. The van der Waals surface area contributed by atoms with Crippen molar-refractivity contribution in [3.8, 4) is 17.2 Å². The SMILES string of the molecule is Cc1oc(-c2ccccc2)nc1COc1ccc2cc(CCCC3SC(=O)NC3=O)ccc2c1. The van der Waals surface area contributed by atoms with Crippen molar-refractivity contribution in [3.63, 3.8) is 0 Å². The second-order valence-electron chi connectivity index (χ2n) is 8.30. The van der Waals surface area contributed by atoms with Crippen molar-refractivity contribution in [2.75, 3.05) is 0 Å². The zero-order valence-corrected chi connectivity index (χ0v) is 19.6. The van der Waals surface area contributed by atoms with Gasteiger partial charge in [0.2, 0.25) is 11.8 Å². The number of carbonyl (C=O) groups is 2. The molecule has 172 valence electrons. The number of aromatic nitrogens is 1. The highest BCUT2D eigenvalue weighted by atomic mass is 32.2. The number of hydrogen-bond donors (Lipinski definition) is 1. The van der Waals surface area contributed by atoms with Gasteiger partial charge in [0, 0.05) is 5.56 Å². The highest BCUT2D eigenvalue weighted by Crippen LogP contribution is 2.27. The van der Waals surface area contributed by atoms with Crippen LogP contribution >= 0.6 is 11.8 Å². The van der Waals surface area contributed by atoms with Gasteiger partial charge in [0.15, 0.2) is 0 Å². The molecule has 1 saturated heterocycles. The number of hydrogen-bond acceptors (Lipinski definition) is 6. The summed E-state index contributed by atoms with van der Waals surface area (Å²) in [6.45, 7) is 2.23. The van der Waals surface area contributed by atoms with Crippen molar-refractivity contribution in [1.29, 1.82) is 0 Å². The number of amides is 2. The third-order valence-corrected chi connectivity index (χ3v) is 6.91. The van der Waals surface area contributed by atoms with Gasteiger partial charge in [-0.1, -0.05) is 54.2 Å². The number of ether oxygens (including phenoxy) is 1. The predicted octanol–water partition coefficient (Wildman–Crippen LogP) is 6.06. The molecule has 1 aliphatic heterocycles. The predicted molar refractivity (Wildman–Crippen MR) is 133 cm³/mol. The van der Waals surface area contributed by atoms with E-state index in [9.17, 15) is 9.59 Å². The number of aryl methyl sites for hydroxylation is 2. The number of nitrogens with zero attached hydrogens (tertiary/aromatic N) is 1. The Balaban J connectivity index is 1.20. The lowest BCUT2D eigenvalue weighted by atomic mass is 10.0. The maximum absolute atomic E-state index is 11.7. The van der Waals surface area contributed by atoms with Crippen LogP contribution in [0.3, 0.4) is 0 Å². The van der Waals surface area contributed by atoms with Crippen LogP contribution in [-0.4, -0.2) is 21.4 Å². The maximum atomic E-state index is 11.7. The Bertz CT molecular complexity index is 1350. The van der Waals surface area contributed by atoms with Crippen molar-refractivity contribution in [2.24, 2.45) is 0 Å². The fraction of sp³-hybridized carbons (Fsp3) is 0.222. The molecule has 0 bridgehead atoms. The summed E-state index contributed by atoms with van der Waals surface area (Å²) >= 11 is 1.09. The Morgan fingerprint density at radius 3 is 2.62 bits per heavy atom. The molecule has 2 heterocycles. The summed E-state index contributed by atoms with van der Waals surface area (Å²) in [5.74, 6) is 1.96. The van der Waals surface area contributed by atoms with Crippen LogP contribution < -0.4 is 10.1 Å². The molecule has 2 amide bonds. The summed E-state index contributed by atoms with van der Waals surface area (Å²) in [5, 5.41) is 4.07. The minimum Gasteiger partial charge on any atom is -0.487 e. The lowest BCUT2D eigenvalue weighted by Gasteiger charge is -2.08. The Morgan fingerprint density at radius 1 is 1.03 bits per heavy atom. The normalized spacial score (nSPS) is 15.6. The molecule has 1 atom stereocenters. The van der Waals surface area contributed by atoms with Gasteiger partial charge in [-0.05, 0) is 66.8 Å². The monoisotopic (exact) mass is 472 g/mol. The molecule has 4 aromatic rings. The van der Waals surface area contributed by atoms with E-state index in [-0.39, 0.29) is 16.4 Å². The third kappa shape index (κ3) is 4.99. The molecule has 1 unspecified atom stereocenters. The fourth-order valence-electron chi connectivity index (χ4n) is 4.01. The molecular formula is C27H24N2O4S. The van der Waals surface area contributed by atoms with Gasteiger partial charge in [-0.3, -0.25) is 14.9 Å². The fourth-order valence-corrected chi connectivity index (χ4v) is 4.88. The molecule has 34 heavy (non-hydrogen) atoms. The van der Waals surface area contributed by atoms with Crippen molar-refractivity contribution in [3.05, 3.63) is 83.7 Å². The van der Waals surface area contributed by atoms with Crippen LogP contribution in [0.4, 0.5) is 4.79 Å². The molecule has 7 heteroatoms. The summed E-state index contributed by atoms with van der Waals surface area (Å²) < 4.78 is 11.8. The Kier molecular flexibility index (Phi) is 6.36. The average Bonchev–Trinajstić information content (AvgIpc) is 3.38. The van der Waals surface area contributed by atoms with E-state index in [0.717, 1.165) is 58.1 Å². The average molecular weight is 473 g/mol. The van der Waals surface area contributed by atoms with Gasteiger partial charge < -0.3 is 9.15 Å². The van der Waals surface area contributed by atoms with Crippen molar-refractivity contribution >= 4 is 33.7 Å². The number of imide groups is 1.